The summed E-state index contributed by atoms with van der Waals surface area (Å²) in [5.41, 5.74) is 3.37. The summed E-state index contributed by atoms with van der Waals surface area (Å²) in [6, 6.07) is 9.91. The Balaban J connectivity index is 1.72. The molecule has 0 radical (unpaired) electrons. The van der Waals surface area contributed by atoms with E-state index in [2.05, 4.69) is 22.4 Å². The predicted molar refractivity (Wildman–Crippen MR) is 78.7 cm³/mol. The number of ketones is 1. The van der Waals surface area contributed by atoms with Crippen molar-refractivity contribution in [3.05, 3.63) is 64.4 Å². The monoisotopic (exact) mass is 286 g/mol. The molecule has 1 aromatic heterocycles. The van der Waals surface area contributed by atoms with Gasteiger partial charge in [-0.15, -0.1) is 0 Å². The molecule has 3 nitrogen and oxygen atoms in total. The Morgan fingerprint density at radius 2 is 2.10 bits per heavy atom. The molecule has 0 amide bonds. The summed E-state index contributed by atoms with van der Waals surface area (Å²) < 4.78 is 0. The summed E-state index contributed by atoms with van der Waals surface area (Å²) in [6.07, 6.45) is 4.34. The van der Waals surface area contributed by atoms with Crippen molar-refractivity contribution in [1.82, 2.24) is 10.3 Å². The fourth-order valence-electron chi connectivity index (χ4n) is 2.54. The molecule has 20 heavy (non-hydrogen) atoms. The molecule has 0 bridgehead atoms. The van der Waals surface area contributed by atoms with Crippen molar-refractivity contribution >= 4 is 17.4 Å². The van der Waals surface area contributed by atoms with Crippen LogP contribution < -0.4 is 5.32 Å². The lowest BCUT2D eigenvalue weighted by molar-refractivity contribution is -0.120. The van der Waals surface area contributed by atoms with E-state index in [1.807, 2.05) is 12.1 Å². The summed E-state index contributed by atoms with van der Waals surface area (Å²) >= 11 is 6.05. The van der Waals surface area contributed by atoms with Gasteiger partial charge in [0.25, 0.3) is 0 Å². The van der Waals surface area contributed by atoms with Crippen molar-refractivity contribution in [3.8, 4) is 0 Å². The van der Waals surface area contributed by atoms with Crippen LogP contribution in [-0.2, 0) is 24.2 Å². The van der Waals surface area contributed by atoms with Crippen LogP contribution in [0.4, 0.5) is 0 Å². The Labute approximate surface area is 123 Å². The molecule has 1 N–H and O–H groups in total. The van der Waals surface area contributed by atoms with Crippen LogP contribution in [0.25, 0.3) is 0 Å². The minimum atomic E-state index is -0.130. The highest BCUT2D eigenvalue weighted by atomic mass is 35.5. The topological polar surface area (TPSA) is 42.0 Å². The number of Topliss-reactive ketones (excluding diaryl/α,β-unsaturated/α-hetero) is 1. The number of pyridine rings is 1. The van der Waals surface area contributed by atoms with E-state index in [4.69, 9.17) is 11.6 Å². The first-order valence-electron chi connectivity index (χ1n) is 6.65. The number of fused-ring (bicyclic) bond motifs is 1. The van der Waals surface area contributed by atoms with Gasteiger partial charge in [-0.05, 0) is 29.2 Å². The number of aromatic nitrogens is 1. The van der Waals surface area contributed by atoms with Gasteiger partial charge in [-0.25, -0.2) is 0 Å². The zero-order valence-electron chi connectivity index (χ0n) is 11.0. The van der Waals surface area contributed by atoms with Crippen molar-refractivity contribution in [2.75, 3.05) is 0 Å². The third kappa shape index (κ3) is 2.74. The fraction of sp³-hybridized carbons (Fsp3) is 0.250. The van der Waals surface area contributed by atoms with Gasteiger partial charge < -0.3 is 5.32 Å². The maximum Gasteiger partial charge on any atom is 0.154 e. The molecule has 1 aromatic carbocycles. The second-order valence-electron chi connectivity index (χ2n) is 5.02. The van der Waals surface area contributed by atoms with Gasteiger partial charge in [-0.3, -0.25) is 9.78 Å². The summed E-state index contributed by atoms with van der Waals surface area (Å²) in [5.74, 6) is 0.174. The number of carbonyl (C=O) groups excluding carboxylic acids is 1. The Morgan fingerprint density at radius 1 is 1.30 bits per heavy atom. The lowest BCUT2D eigenvalue weighted by Crippen LogP contribution is -2.42. The van der Waals surface area contributed by atoms with E-state index in [-0.39, 0.29) is 11.8 Å². The highest BCUT2D eigenvalue weighted by Gasteiger charge is 2.24. The van der Waals surface area contributed by atoms with E-state index in [1.54, 1.807) is 18.5 Å². The molecular weight excluding hydrogens is 272 g/mol. The van der Waals surface area contributed by atoms with Gasteiger partial charge in [-0.1, -0.05) is 35.9 Å². The highest BCUT2D eigenvalue weighted by molar-refractivity contribution is 6.31. The number of rotatable bonds is 3. The van der Waals surface area contributed by atoms with Gasteiger partial charge in [0.2, 0.25) is 0 Å². The standard InChI is InChI=1S/C16H15ClN2O/c17-14-10-18-6-5-12(14)8-16(20)15-7-11-3-1-2-4-13(11)9-19-15/h1-6,10,15,19H,7-9H2. The fourth-order valence-corrected chi connectivity index (χ4v) is 2.73. The average Bonchev–Trinajstić information content (AvgIpc) is 2.49. The third-order valence-electron chi connectivity index (χ3n) is 3.69. The van der Waals surface area contributed by atoms with Crippen LogP contribution in [0.3, 0.4) is 0 Å². The van der Waals surface area contributed by atoms with Crippen molar-refractivity contribution in [2.45, 2.75) is 25.4 Å². The lowest BCUT2D eigenvalue weighted by atomic mass is 9.92. The van der Waals surface area contributed by atoms with Gasteiger partial charge in [0.05, 0.1) is 11.1 Å². The first-order valence-corrected chi connectivity index (χ1v) is 7.03. The van der Waals surface area contributed by atoms with Gasteiger partial charge in [0.15, 0.2) is 5.78 Å². The van der Waals surface area contributed by atoms with Crippen LogP contribution in [0.15, 0.2) is 42.7 Å². The minimum absolute atomic E-state index is 0.130. The van der Waals surface area contributed by atoms with Gasteiger partial charge >= 0.3 is 0 Å². The molecule has 0 saturated heterocycles. The Kier molecular flexibility index (Phi) is 3.81. The van der Waals surface area contributed by atoms with Crippen LogP contribution >= 0.6 is 11.6 Å². The summed E-state index contributed by atoms with van der Waals surface area (Å²) in [7, 11) is 0. The first-order chi connectivity index (χ1) is 9.74. The molecule has 0 aliphatic carbocycles. The molecule has 4 heteroatoms. The van der Waals surface area contributed by atoms with Crippen molar-refractivity contribution < 1.29 is 4.79 Å². The van der Waals surface area contributed by atoms with Crippen LogP contribution in [0.1, 0.15) is 16.7 Å². The summed E-state index contributed by atoms with van der Waals surface area (Å²) in [4.78, 5) is 16.3. The Morgan fingerprint density at radius 3 is 2.90 bits per heavy atom. The van der Waals surface area contributed by atoms with E-state index in [0.29, 0.717) is 11.4 Å². The molecule has 1 unspecified atom stereocenters. The quantitative estimate of drug-likeness (QED) is 0.943. The number of benzene rings is 1. The van der Waals surface area contributed by atoms with Crippen LogP contribution in [-0.4, -0.2) is 16.8 Å². The molecule has 0 saturated carbocycles. The van der Waals surface area contributed by atoms with E-state index in [0.717, 1.165) is 18.5 Å². The number of halogens is 1. The van der Waals surface area contributed by atoms with E-state index >= 15 is 0 Å². The zero-order valence-corrected chi connectivity index (χ0v) is 11.7. The number of carbonyl (C=O) groups is 1. The molecule has 1 aliphatic rings. The molecule has 1 aliphatic heterocycles. The van der Waals surface area contributed by atoms with E-state index in [1.165, 1.54) is 11.1 Å². The smallest absolute Gasteiger partial charge is 0.154 e. The Hall–Kier alpha value is -1.71. The second-order valence-corrected chi connectivity index (χ2v) is 5.42. The van der Waals surface area contributed by atoms with Crippen LogP contribution in [0.5, 0.6) is 0 Å². The van der Waals surface area contributed by atoms with Gasteiger partial charge in [0.1, 0.15) is 0 Å². The molecular formula is C16H15ClN2O. The highest BCUT2D eigenvalue weighted by Crippen LogP contribution is 2.19. The van der Waals surface area contributed by atoms with Gasteiger partial charge in [0, 0.05) is 25.4 Å². The number of hydrogen-bond acceptors (Lipinski definition) is 3. The molecule has 0 spiro atoms. The SMILES string of the molecule is O=C(Cc1ccncc1Cl)C1Cc2ccccc2CN1. The molecule has 3 rings (SSSR count). The lowest BCUT2D eigenvalue weighted by Gasteiger charge is -2.25. The third-order valence-corrected chi connectivity index (χ3v) is 4.03. The maximum atomic E-state index is 12.4. The number of hydrogen-bond donors (Lipinski definition) is 1. The van der Waals surface area contributed by atoms with Crippen LogP contribution in [0, 0.1) is 0 Å². The minimum Gasteiger partial charge on any atom is -0.303 e. The van der Waals surface area contributed by atoms with E-state index < -0.39 is 0 Å². The predicted octanol–water partition coefficient (Wildman–Crippen LogP) is 2.56. The zero-order chi connectivity index (χ0) is 13.9. The molecule has 102 valence electrons. The molecule has 2 heterocycles. The maximum absolute atomic E-state index is 12.4. The summed E-state index contributed by atoms with van der Waals surface area (Å²) in [6.45, 7) is 0.747. The first kappa shape index (κ1) is 13.3. The largest absolute Gasteiger partial charge is 0.303 e. The van der Waals surface area contributed by atoms with Gasteiger partial charge in [-0.2, -0.15) is 0 Å². The number of nitrogens with one attached hydrogen (secondary N) is 1. The summed E-state index contributed by atoms with van der Waals surface area (Å²) in [5, 5.41) is 3.86. The Bertz CT molecular complexity index is 642. The average molecular weight is 287 g/mol. The molecule has 2 aromatic rings. The van der Waals surface area contributed by atoms with Crippen molar-refractivity contribution in [3.63, 3.8) is 0 Å². The van der Waals surface area contributed by atoms with E-state index in [9.17, 15) is 4.79 Å². The van der Waals surface area contributed by atoms with Crippen LogP contribution in [0.2, 0.25) is 5.02 Å². The normalized spacial score (nSPS) is 17.6. The van der Waals surface area contributed by atoms with Crippen molar-refractivity contribution in [2.24, 2.45) is 0 Å². The second kappa shape index (κ2) is 5.73. The molecule has 1 atom stereocenters. The molecule has 0 fully saturated rings. The number of nitrogens with zero attached hydrogens (tertiary/aromatic N) is 1. The van der Waals surface area contributed by atoms with Crippen molar-refractivity contribution in [1.29, 1.82) is 0 Å².